The third-order valence-corrected chi connectivity index (χ3v) is 0.780. The van der Waals surface area contributed by atoms with Gasteiger partial charge >= 0.3 is 5.97 Å². The fourth-order valence-electron chi connectivity index (χ4n) is 0.322. The van der Waals surface area contributed by atoms with Gasteiger partial charge in [-0.1, -0.05) is 6.08 Å². The molecule has 0 unspecified atom stereocenters. The quantitative estimate of drug-likeness (QED) is 0.444. The lowest BCUT2D eigenvalue weighted by molar-refractivity contribution is -0.140. The van der Waals surface area contributed by atoms with Gasteiger partial charge in [0.1, 0.15) is 0 Å². The molecule has 0 radical (unpaired) electrons. The molecule has 2 heteroatoms. The Kier molecular flexibility index (Phi) is 12.7. The Morgan fingerprint density at radius 1 is 1.60 bits per heavy atom. The predicted octanol–water partition coefficient (Wildman–Crippen LogP) is 1.93. The van der Waals surface area contributed by atoms with E-state index in [0.29, 0.717) is 12.8 Å². The molecular formula is C8H14O2. The van der Waals surface area contributed by atoms with E-state index >= 15 is 0 Å². The van der Waals surface area contributed by atoms with Crippen molar-refractivity contribution < 1.29 is 9.53 Å². The molecule has 0 aliphatic heterocycles. The zero-order valence-corrected chi connectivity index (χ0v) is 6.43. The molecule has 0 rings (SSSR count). The van der Waals surface area contributed by atoms with Crippen molar-refractivity contribution in [2.75, 3.05) is 7.11 Å². The second kappa shape index (κ2) is 10.8. The molecule has 58 valence electrons. The van der Waals surface area contributed by atoms with Crippen LogP contribution < -0.4 is 0 Å². The molecule has 0 N–H and O–H groups in total. The van der Waals surface area contributed by atoms with Gasteiger partial charge in [0.2, 0.25) is 0 Å². The third-order valence-electron chi connectivity index (χ3n) is 0.780. The SMILES string of the molecule is C=C.C=CCCC(=O)OC. The molecular weight excluding hydrogens is 128 g/mol. The zero-order chi connectivity index (χ0) is 8.41. The first-order valence-corrected chi connectivity index (χ1v) is 2.99. The van der Waals surface area contributed by atoms with Crippen molar-refractivity contribution in [2.45, 2.75) is 12.8 Å². The van der Waals surface area contributed by atoms with Crippen LogP contribution in [0, 0.1) is 0 Å². The Hall–Kier alpha value is -1.05. The Morgan fingerprint density at radius 3 is 2.40 bits per heavy atom. The van der Waals surface area contributed by atoms with Crippen LogP contribution in [0.2, 0.25) is 0 Å². The molecule has 0 fully saturated rings. The van der Waals surface area contributed by atoms with Crippen molar-refractivity contribution in [3.63, 3.8) is 0 Å². The van der Waals surface area contributed by atoms with Crippen LogP contribution in [-0.4, -0.2) is 13.1 Å². The summed E-state index contributed by atoms with van der Waals surface area (Å²) in [4.78, 5) is 10.3. The van der Waals surface area contributed by atoms with Gasteiger partial charge in [-0.2, -0.15) is 0 Å². The summed E-state index contributed by atoms with van der Waals surface area (Å²) >= 11 is 0. The van der Waals surface area contributed by atoms with E-state index in [0.717, 1.165) is 0 Å². The first kappa shape index (κ1) is 11.7. The molecule has 10 heavy (non-hydrogen) atoms. The number of carbonyl (C=O) groups is 1. The van der Waals surface area contributed by atoms with Crippen LogP contribution in [0.15, 0.2) is 25.8 Å². The number of esters is 1. The van der Waals surface area contributed by atoms with E-state index in [4.69, 9.17) is 0 Å². The summed E-state index contributed by atoms with van der Waals surface area (Å²) in [5.41, 5.74) is 0. The van der Waals surface area contributed by atoms with Crippen LogP contribution in [0.25, 0.3) is 0 Å². The molecule has 0 saturated heterocycles. The molecule has 0 atom stereocenters. The van der Waals surface area contributed by atoms with Crippen LogP contribution in [0.1, 0.15) is 12.8 Å². The first-order chi connectivity index (χ1) is 4.81. The van der Waals surface area contributed by atoms with Gasteiger partial charge in [0.15, 0.2) is 0 Å². The van der Waals surface area contributed by atoms with Crippen LogP contribution in [0.3, 0.4) is 0 Å². The van der Waals surface area contributed by atoms with Gasteiger partial charge in [-0.3, -0.25) is 4.79 Å². The van der Waals surface area contributed by atoms with Gasteiger partial charge in [-0.15, -0.1) is 19.7 Å². The standard InChI is InChI=1S/C6H10O2.C2H4/c1-3-4-5-6(7)8-2;1-2/h3H,1,4-5H2,2H3;1-2H2. The molecule has 0 amide bonds. The highest BCUT2D eigenvalue weighted by Gasteiger charge is 1.93. The van der Waals surface area contributed by atoms with Crippen LogP contribution in [0.4, 0.5) is 0 Å². The van der Waals surface area contributed by atoms with E-state index in [-0.39, 0.29) is 5.97 Å². The highest BCUT2D eigenvalue weighted by Crippen LogP contribution is 1.89. The minimum absolute atomic E-state index is 0.176. The highest BCUT2D eigenvalue weighted by molar-refractivity contribution is 5.69. The molecule has 0 spiro atoms. The summed E-state index contributed by atoms with van der Waals surface area (Å²) in [5, 5.41) is 0. The van der Waals surface area contributed by atoms with E-state index in [1.165, 1.54) is 7.11 Å². The van der Waals surface area contributed by atoms with Crippen molar-refractivity contribution in [3.05, 3.63) is 25.8 Å². The summed E-state index contributed by atoms with van der Waals surface area (Å²) < 4.78 is 4.37. The second-order valence-electron chi connectivity index (χ2n) is 1.40. The van der Waals surface area contributed by atoms with Gasteiger partial charge in [0.05, 0.1) is 7.11 Å². The maximum atomic E-state index is 10.3. The van der Waals surface area contributed by atoms with Crippen LogP contribution in [-0.2, 0) is 9.53 Å². The molecule has 0 bridgehead atoms. The molecule has 0 aliphatic rings. The van der Waals surface area contributed by atoms with Crippen molar-refractivity contribution >= 4 is 5.97 Å². The Bertz CT molecular complexity index is 97.4. The fraction of sp³-hybridized carbons (Fsp3) is 0.375. The summed E-state index contributed by atoms with van der Waals surface area (Å²) in [6, 6.07) is 0. The smallest absolute Gasteiger partial charge is 0.305 e. The number of ether oxygens (including phenoxy) is 1. The predicted molar refractivity (Wildman–Crippen MR) is 42.7 cm³/mol. The maximum absolute atomic E-state index is 10.3. The average Bonchev–Trinajstić information content (AvgIpc) is 2.04. The van der Waals surface area contributed by atoms with Gasteiger partial charge in [0, 0.05) is 6.42 Å². The second-order valence-corrected chi connectivity index (χ2v) is 1.40. The van der Waals surface area contributed by atoms with E-state index in [2.05, 4.69) is 24.5 Å². The zero-order valence-electron chi connectivity index (χ0n) is 6.43. The Labute approximate surface area is 62.2 Å². The van der Waals surface area contributed by atoms with E-state index < -0.39 is 0 Å². The molecule has 0 saturated carbocycles. The van der Waals surface area contributed by atoms with Gasteiger partial charge in [0.25, 0.3) is 0 Å². The highest BCUT2D eigenvalue weighted by atomic mass is 16.5. The van der Waals surface area contributed by atoms with Gasteiger partial charge < -0.3 is 4.74 Å². The average molecular weight is 142 g/mol. The third kappa shape index (κ3) is 10.0. The molecule has 0 aromatic rings. The molecule has 2 nitrogen and oxygen atoms in total. The van der Waals surface area contributed by atoms with Crippen molar-refractivity contribution in [2.24, 2.45) is 0 Å². The summed E-state index contributed by atoms with van der Waals surface area (Å²) in [6.07, 6.45) is 2.84. The van der Waals surface area contributed by atoms with Crippen LogP contribution in [0.5, 0.6) is 0 Å². The Balaban J connectivity index is 0. The normalized spacial score (nSPS) is 6.90. The number of methoxy groups -OCH3 is 1. The summed E-state index contributed by atoms with van der Waals surface area (Å²) in [6.45, 7) is 9.46. The molecule has 0 aliphatic carbocycles. The Morgan fingerprint density at radius 2 is 2.10 bits per heavy atom. The summed E-state index contributed by atoms with van der Waals surface area (Å²) in [5.74, 6) is -0.176. The molecule has 0 aromatic heterocycles. The van der Waals surface area contributed by atoms with Gasteiger partial charge in [-0.25, -0.2) is 0 Å². The molecule has 0 aromatic carbocycles. The largest absolute Gasteiger partial charge is 0.469 e. The number of rotatable bonds is 3. The van der Waals surface area contributed by atoms with E-state index in [1.54, 1.807) is 6.08 Å². The molecule has 0 heterocycles. The fourth-order valence-corrected chi connectivity index (χ4v) is 0.322. The topological polar surface area (TPSA) is 26.3 Å². The number of carbonyl (C=O) groups excluding carboxylic acids is 1. The van der Waals surface area contributed by atoms with Crippen LogP contribution >= 0.6 is 0 Å². The van der Waals surface area contributed by atoms with Gasteiger partial charge in [-0.05, 0) is 6.42 Å². The van der Waals surface area contributed by atoms with Crippen molar-refractivity contribution in [3.8, 4) is 0 Å². The minimum atomic E-state index is -0.176. The summed E-state index contributed by atoms with van der Waals surface area (Å²) in [7, 11) is 1.38. The number of hydrogen-bond donors (Lipinski definition) is 0. The number of allylic oxidation sites excluding steroid dienone is 1. The lowest BCUT2D eigenvalue weighted by Gasteiger charge is -1.91. The van der Waals surface area contributed by atoms with E-state index in [9.17, 15) is 4.79 Å². The monoisotopic (exact) mass is 142 g/mol. The maximum Gasteiger partial charge on any atom is 0.305 e. The minimum Gasteiger partial charge on any atom is -0.469 e. The van der Waals surface area contributed by atoms with Crippen molar-refractivity contribution in [1.29, 1.82) is 0 Å². The lowest BCUT2D eigenvalue weighted by atomic mass is 10.3. The lowest BCUT2D eigenvalue weighted by Crippen LogP contribution is -1.97. The van der Waals surface area contributed by atoms with E-state index in [1.807, 2.05) is 0 Å². The van der Waals surface area contributed by atoms with Crippen molar-refractivity contribution in [1.82, 2.24) is 0 Å². The first-order valence-electron chi connectivity index (χ1n) is 2.99. The number of hydrogen-bond acceptors (Lipinski definition) is 2.